The molecule has 0 N–H and O–H groups in total. The molecule has 0 bridgehead atoms. The zero-order valence-electron chi connectivity index (χ0n) is 19.2. The van der Waals surface area contributed by atoms with Crippen molar-refractivity contribution in [1.82, 2.24) is 14.8 Å². The number of benzene rings is 2. The number of carbonyl (C=O) groups excluding carboxylic acids is 1. The van der Waals surface area contributed by atoms with Crippen LogP contribution in [0.15, 0.2) is 60.8 Å². The van der Waals surface area contributed by atoms with Crippen LogP contribution in [0.5, 0.6) is 0 Å². The molecule has 2 aliphatic rings. The minimum Gasteiger partial charge on any atom is -0.366 e. The number of hydrogen-bond donors (Lipinski definition) is 0. The minimum atomic E-state index is -0.333. The van der Waals surface area contributed by atoms with Gasteiger partial charge in [0, 0.05) is 69.4 Å². The maximum atomic E-state index is 13.2. The third kappa shape index (κ3) is 4.59. The Morgan fingerprint density at radius 1 is 0.941 bits per heavy atom. The van der Waals surface area contributed by atoms with Crippen LogP contribution in [0.25, 0.3) is 10.9 Å². The number of amides is 1. The van der Waals surface area contributed by atoms with E-state index in [1.54, 1.807) is 18.2 Å². The SMILES string of the molecule is O=C(C1CCN(c2ccccc2[N+](=O)[O-])CC1)N1CCN(Cc2cccc3cccnc23)CC1. The number of hydrogen-bond acceptors (Lipinski definition) is 6. The molecule has 5 rings (SSSR count). The van der Waals surface area contributed by atoms with Gasteiger partial charge in [-0.1, -0.05) is 36.4 Å². The van der Waals surface area contributed by atoms with Gasteiger partial charge in [-0.2, -0.15) is 0 Å². The van der Waals surface area contributed by atoms with Crippen LogP contribution >= 0.6 is 0 Å². The highest BCUT2D eigenvalue weighted by atomic mass is 16.6. The van der Waals surface area contributed by atoms with E-state index in [0.29, 0.717) is 18.8 Å². The molecule has 8 heteroatoms. The smallest absolute Gasteiger partial charge is 0.292 e. The van der Waals surface area contributed by atoms with Crippen molar-refractivity contribution in [3.8, 4) is 0 Å². The summed E-state index contributed by atoms with van der Waals surface area (Å²) in [7, 11) is 0. The van der Waals surface area contributed by atoms with E-state index in [0.717, 1.165) is 56.5 Å². The Morgan fingerprint density at radius 2 is 1.68 bits per heavy atom. The molecule has 3 aromatic rings. The fourth-order valence-electron chi connectivity index (χ4n) is 5.17. The summed E-state index contributed by atoms with van der Waals surface area (Å²) in [6.45, 7) is 5.34. The summed E-state index contributed by atoms with van der Waals surface area (Å²) in [6.07, 6.45) is 3.29. The van der Waals surface area contributed by atoms with Gasteiger partial charge in [-0.05, 0) is 30.5 Å². The van der Waals surface area contributed by atoms with E-state index in [-0.39, 0.29) is 22.4 Å². The predicted molar refractivity (Wildman–Crippen MR) is 132 cm³/mol. The van der Waals surface area contributed by atoms with Crippen LogP contribution in [0.4, 0.5) is 11.4 Å². The number of rotatable bonds is 5. The Labute approximate surface area is 198 Å². The second-order valence-corrected chi connectivity index (χ2v) is 9.10. The molecular weight excluding hydrogens is 430 g/mol. The fourth-order valence-corrected chi connectivity index (χ4v) is 5.17. The number of nitro benzene ring substituents is 1. The molecule has 2 aliphatic heterocycles. The molecule has 34 heavy (non-hydrogen) atoms. The molecule has 176 valence electrons. The van der Waals surface area contributed by atoms with Gasteiger partial charge in [-0.15, -0.1) is 0 Å². The minimum absolute atomic E-state index is 0.00663. The van der Waals surface area contributed by atoms with Gasteiger partial charge in [0.15, 0.2) is 0 Å². The van der Waals surface area contributed by atoms with Crippen molar-refractivity contribution in [2.45, 2.75) is 19.4 Å². The van der Waals surface area contributed by atoms with E-state index < -0.39 is 0 Å². The number of piperidine rings is 1. The van der Waals surface area contributed by atoms with Gasteiger partial charge < -0.3 is 9.80 Å². The molecule has 1 aromatic heterocycles. The summed E-state index contributed by atoms with van der Waals surface area (Å²) < 4.78 is 0. The Balaban J connectivity index is 1.14. The van der Waals surface area contributed by atoms with Crippen LogP contribution < -0.4 is 4.90 Å². The number of anilines is 1. The van der Waals surface area contributed by atoms with Crippen molar-refractivity contribution in [3.05, 3.63) is 76.5 Å². The van der Waals surface area contributed by atoms with Crippen LogP contribution in [-0.2, 0) is 11.3 Å². The van der Waals surface area contributed by atoms with Gasteiger partial charge >= 0.3 is 0 Å². The molecule has 1 amide bonds. The second-order valence-electron chi connectivity index (χ2n) is 9.10. The first kappa shape index (κ1) is 22.3. The Morgan fingerprint density at radius 3 is 2.44 bits per heavy atom. The van der Waals surface area contributed by atoms with Gasteiger partial charge in [0.2, 0.25) is 5.91 Å². The molecule has 0 spiro atoms. The van der Waals surface area contributed by atoms with Crippen molar-refractivity contribution in [2.75, 3.05) is 44.2 Å². The van der Waals surface area contributed by atoms with Crippen LogP contribution in [0.2, 0.25) is 0 Å². The molecule has 0 aliphatic carbocycles. The quantitative estimate of drug-likeness (QED) is 0.427. The lowest BCUT2D eigenvalue weighted by Gasteiger charge is -2.39. The zero-order chi connectivity index (χ0) is 23.5. The maximum absolute atomic E-state index is 13.2. The van der Waals surface area contributed by atoms with Crippen molar-refractivity contribution in [2.24, 2.45) is 5.92 Å². The molecule has 2 saturated heterocycles. The Kier molecular flexibility index (Phi) is 6.40. The lowest BCUT2D eigenvalue weighted by Crippen LogP contribution is -2.51. The van der Waals surface area contributed by atoms with E-state index in [1.165, 1.54) is 5.56 Å². The van der Waals surface area contributed by atoms with E-state index in [2.05, 4.69) is 34.1 Å². The van der Waals surface area contributed by atoms with E-state index >= 15 is 0 Å². The number of nitrogens with zero attached hydrogens (tertiary/aromatic N) is 5. The van der Waals surface area contributed by atoms with Gasteiger partial charge in [-0.25, -0.2) is 0 Å². The highest BCUT2D eigenvalue weighted by Crippen LogP contribution is 2.31. The monoisotopic (exact) mass is 459 g/mol. The Hall–Kier alpha value is -3.52. The summed E-state index contributed by atoms with van der Waals surface area (Å²) in [5, 5.41) is 12.5. The average molecular weight is 460 g/mol. The zero-order valence-corrected chi connectivity index (χ0v) is 19.2. The standard InChI is InChI=1S/C26H29N5O3/c32-26(21-10-13-29(14-11-21)23-8-1-2-9-24(23)31(33)34)30-17-15-28(16-18-30)19-22-6-3-5-20-7-4-12-27-25(20)22/h1-9,12,21H,10-11,13-19H2. The maximum Gasteiger partial charge on any atom is 0.292 e. The summed E-state index contributed by atoms with van der Waals surface area (Å²) in [5.74, 6) is 0.224. The summed E-state index contributed by atoms with van der Waals surface area (Å²) in [6, 6.07) is 17.2. The molecule has 0 radical (unpaired) electrons. The largest absolute Gasteiger partial charge is 0.366 e. The lowest BCUT2D eigenvalue weighted by molar-refractivity contribution is -0.384. The lowest BCUT2D eigenvalue weighted by atomic mass is 9.94. The van der Waals surface area contributed by atoms with Crippen LogP contribution in [0.1, 0.15) is 18.4 Å². The molecule has 0 atom stereocenters. The first-order valence-corrected chi connectivity index (χ1v) is 11.9. The predicted octanol–water partition coefficient (Wildman–Crippen LogP) is 3.70. The van der Waals surface area contributed by atoms with Crippen molar-refractivity contribution >= 4 is 28.2 Å². The number of aromatic nitrogens is 1. The third-order valence-corrected chi connectivity index (χ3v) is 7.06. The first-order valence-electron chi connectivity index (χ1n) is 11.9. The molecule has 2 fully saturated rings. The highest BCUT2D eigenvalue weighted by Gasteiger charge is 2.32. The first-order chi connectivity index (χ1) is 16.6. The number of para-hydroxylation sites is 3. The number of fused-ring (bicyclic) bond motifs is 1. The third-order valence-electron chi connectivity index (χ3n) is 7.06. The van der Waals surface area contributed by atoms with Gasteiger partial charge in [0.05, 0.1) is 10.4 Å². The van der Waals surface area contributed by atoms with E-state index in [9.17, 15) is 14.9 Å². The Bertz CT molecular complexity index is 1180. The van der Waals surface area contributed by atoms with Crippen molar-refractivity contribution in [1.29, 1.82) is 0 Å². The normalized spacial score (nSPS) is 17.8. The van der Waals surface area contributed by atoms with Gasteiger partial charge in [0.1, 0.15) is 5.69 Å². The number of pyridine rings is 1. The molecule has 0 saturated carbocycles. The molecule has 2 aromatic carbocycles. The average Bonchev–Trinajstić information content (AvgIpc) is 2.89. The summed E-state index contributed by atoms with van der Waals surface area (Å²) in [4.78, 5) is 35.2. The highest BCUT2D eigenvalue weighted by molar-refractivity contribution is 5.81. The second kappa shape index (κ2) is 9.77. The number of carbonyl (C=O) groups is 1. The topological polar surface area (TPSA) is 82.8 Å². The molecular formula is C26H29N5O3. The van der Waals surface area contributed by atoms with Crippen LogP contribution in [0, 0.1) is 16.0 Å². The van der Waals surface area contributed by atoms with Crippen LogP contribution in [0.3, 0.4) is 0 Å². The molecule has 8 nitrogen and oxygen atoms in total. The number of piperazine rings is 1. The van der Waals surface area contributed by atoms with Crippen molar-refractivity contribution < 1.29 is 9.72 Å². The van der Waals surface area contributed by atoms with E-state index in [4.69, 9.17) is 0 Å². The summed E-state index contributed by atoms with van der Waals surface area (Å²) in [5.41, 5.74) is 3.05. The van der Waals surface area contributed by atoms with Crippen LogP contribution in [-0.4, -0.2) is 64.9 Å². The number of nitro groups is 1. The summed E-state index contributed by atoms with van der Waals surface area (Å²) >= 11 is 0. The molecule has 0 unspecified atom stereocenters. The fraction of sp³-hybridized carbons (Fsp3) is 0.385. The molecule has 3 heterocycles. The van der Waals surface area contributed by atoms with Crippen molar-refractivity contribution in [3.63, 3.8) is 0 Å². The van der Waals surface area contributed by atoms with Gasteiger partial charge in [-0.3, -0.25) is 24.8 Å². The van der Waals surface area contributed by atoms with E-state index in [1.807, 2.05) is 28.1 Å². The van der Waals surface area contributed by atoms with Gasteiger partial charge in [0.25, 0.3) is 5.69 Å².